The maximum Gasteiger partial charge on any atom is 0.306 e. The van der Waals surface area contributed by atoms with Crippen molar-refractivity contribution in [1.82, 2.24) is 0 Å². The van der Waals surface area contributed by atoms with Crippen LogP contribution in [-0.4, -0.2) is 37.2 Å². The second kappa shape index (κ2) is 67.8. The molecule has 0 rings (SSSR count). The van der Waals surface area contributed by atoms with Crippen LogP contribution >= 0.6 is 0 Å². The van der Waals surface area contributed by atoms with Gasteiger partial charge in [-0.3, -0.25) is 14.4 Å². The first-order valence-electron chi connectivity index (χ1n) is 33.3. The van der Waals surface area contributed by atoms with E-state index >= 15 is 0 Å². The van der Waals surface area contributed by atoms with Crippen LogP contribution in [0.25, 0.3) is 0 Å². The Morgan fingerprint density at radius 2 is 0.506 bits per heavy atom. The number of carbonyl (C=O) groups excluding carboxylic acids is 3. The van der Waals surface area contributed by atoms with Crippen molar-refractivity contribution in [3.63, 3.8) is 0 Å². The highest BCUT2D eigenvalue weighted by Gasteiger charge is 2.19. The van der Waals surface area contributed by atoms with Crippen LogP contribution in [-0.2, 0) is 28.6 Å². The molecule has 81 heavy (non-hydrogen) atoms. The number of hydrogen-bond acceptors (Lipinski definition) is 6. The van der Waals surface area contributed by atoms with Gasteiger partial charge >= 0.3 is 17.9 Å². The molecule has 0 aliphatic rings. The van der Waals surface area contributed by atoms with Gasteiger partial charge in [0.25, 0.3) is 0 Å². The Labute approximate surface area is 499 Å². The van der Waals surface area contributed by atoms with Crippen LogP contribution in [0.2, 0.25) is 0 Å². The topological polar surface area (TPSA) is 78.9 Å². The molecule has 0 fully saturated rings. The van der Waals surface area contributed by atoms with Crippen LogP contribution < -0.4 is 0 Å². The second-order valence-electron chi connectivity index (χ2n) is 21.6. The average molecular weight is 1120 g/mol. The van der Waals surface area contributed by atoms with Crippen molar-refractivity contribution in [2.45, 2.75) is 297 Å². The van der Waals surface area contributed by atoms with E-state index in [1.165, 1.54) is 135 Å². The van der Waals surface area contributed by atoms with Crippen LogP contribution in [0.15, 0.2) is 146 Å². The summed E-state index contributed by atoms with van der Waals surface area (Å²) in [6, 6.07) is 0. The zero-order chi connectivity index (χ0) is 58.5. The molecule has 1 atom stereocenters. The van der Waals surface area contributed by atoms with Gasteiger partial charge in [-0.15, -0.1) is 0 Å². The Hall–Kier alpha value is -4.71. The van der Waals surface area contributed by atoms with E-state index in [2.05, 4.69) is 154 Å². The zero-order valence-corrected chi connectivity index (χ0v) is 52.5. The van der Waals surface area contributed by atoms with Gasteiger partial charge in [-0.2, -0.15) is 0 Å². The van der Waals surface area contributed by atoms with E-state index in [0.717, 1.165) is 103 Å². The fraction of sp³-hybridized carbons (Fsp3) is 0.640. The molecule has 0 radical (unpaired) electrons. The molecular weight excluding hydrogens is 997 g/mol. The Bertz CT molecular complexity index is 1760. The summed E-state index contributed by atoms with van der Waals surface area (Å²) < 4.78 is 16.8. The van der Waals surface area contributed by atoms with Crippen molar-refractivity contribution in [1.29, 1.82) is 0 Å². The van der Waals surface area contributed by atoms with Crippen LogP contribution in [0.1, 0.15) is 290 Å². The predicted octanol–water partition coefficient (Wildman–Crippen LogP) is 23.1. The SMILES string of the molecule is CC/C=C\C/C=C\C/C=C\C/C=C\C/C=C\C/C=C\CCC(=O)OC(COC(=O)CCCC/C=C\C/C=C\C/C=C\C/C=C\CC)COC(=O)CCCCCCCCCCCCCCCCCCC/C=C\C/C=C\CCCCCCC. The van der Waals surface area contributed by atoms with E-state index in [4.69, 9.17) is 14.2 Å². The number of hydrogen-bond donors (Lipinski definition) is 0. The number of carbonyl (C=O) groups is 3. The zero-order valence-electron chi connectivity index (χ0n) is 52.5. The van der Waals surface area contributed by atoms with Gasteiger partial charge < -0.3 is 14.2 Å². The number of allylic oxidation sites excluding steroid dienone is 24. The number of esters is 3. The normalized spacial score (nSPS) is 13.1. The van der Waals surface area contributed by atoms with Crippen molar-refractivity contribution in [2.75, 3.05) is 13.2 Å². The summed E-state index contributed by atoms with van der Waals surface area (Å²) in [6.07, 6.45) is 97.5. The van der Waals surface area contributed by atoms with Crippen molar-refractivity contribution in [3.8, 4) is 0 Å². The monoisotopic (exact) mass is 1120 g/mol. The lowest BCUT2D eigenvalue weighted by Gasteiger charge is -2.18. The summed E-state index contributed by atoms with van der Waals surface area (Å²) in [4.78, 5) is 38.3. The molecular formula is C75H122O6. The molecule has 0 N–H and O–H groups in total. The summed E-state index contributed by atoms with van der Waals surface area (Å²) in [6.45, 7) is 6.31. The highest BCUT2D eigenvalue weighted by molar-refractivity contribution is 5.71. The minimum Gasteiger partial charge on any atom is -0.462 e. The lowest BCUT2D eigenvalue weighted by atomic mass is 10.0. The summed E-state index contributed by atoms with van der Waals surface area (Å²) >= 11 is 0. The smallest absolute Gasteiger partial charge is 0.306 e. The van der Waals surface area contributed by atoms with Crippen molar-refractivity contribution in [3.05, 3.63) is 146 Å². The molecule has 0 aromatic carbocycles. The first-order valence-corrected chi connectivity index (χ1v) is 33.3. The van der Waals surface area contributed by atoms with Gasteiger partial charge in [0.2, 0.25) is 0 Å². The van der Waals surface area contributed by atoms with Crippen molar-refractivity contribution >= 4 is 17.9 Å². The molecule has 6 heteroatoms. The summed E-state index contributed by atoms with van der Waals surface area (Å²) in [5.74, 6) is -1.05. The third kappa shape index (κ3) is 66.0. The van der Waals surface area contributed by atoms with E-state index in [9.17, 15) is 14.4 Å². The maximum atomic E-state index is 12.9. The Balaban J connectivity index is 4.39. The van der Waals surface area contributed by atoms with Crippen molar-refractivity contribution in [2.24, 2.45) is 0 Å². The molecule has 458 valence electrons. The van der Waals surface area contributed by atoms with Gasteiger partial charge in [0, 0.05) is 19.3 Å². The molecule has 0 bridgehead atoms. The van der Waals surface area contributed by atoms with E-state index in [1.807, 2.05) is 12.2 Å². The fourth-order valence-corrected chi connectivity index (χ4v) is 8.90. The Morgan fingerprint density at radius 1 is 0.259 bits per heavy atom. The number of unbranched alkanes of at least 4 members (excludes halogenated alkanes) is 24. The summed E-state index contributed by atoms with van der Waals surface area (Å²) in [7, 11) is 0. The number of rotatable bonds is 59. The maximum absolute atomic E-state index is 12.9. The standard InChI is InChI=1S/C75H122O6/c1-4-7-10-13-16-19-22-25-28-30-32-33-34-35-36-37-38-39-40-41-43-44-47-50-53-56-59-62-65-68-74(77)80-71-72(70-79-73(76)67-64-61-58-55-52-49-46-27-24-21-18-15-12-9-6-3)81-75(78)69-66-63-60-57-54-51-48-45-42-31-29-26-23-20-17-14-11-8-5-2/h8-9,11-12,17-18,20-22,25-27,29-30,32,42,45-46,51-52,54-55,60,63,72H,4-7,10,13-16,19,23-24,28,31,33-41,43-44,47-50,53,56-59,61-62,64-71H2,1-3H3/b11-8-,12-9-,20-17-,21-18-,25-22-,29-26-,32-30-,45-42-,46-27-,54-51-,55-52-,63-60-. The minimum absolute atomic E-state index is 0.125. The second-order valence-corrected chi connectivity index (χ2v) is 21.6. The van der Waals surface area contributed by atoms with Crippen LogP contribution in [0.5, 0.6) is 0 Å². The van der Waals surface area contributed by atoms with E-state index in [0.29, 0.717) is 19.3 Å². The van der Waals surface area contributed by atoms with Gasteiger partial charge in [0.1, 0.15) is 13.2 Å². The lowest BCUT2D eigenvalue weighted by Crippen LogP contribution is -2.30. The number of ether oxygens (including phenoxy) is 3. The molecule has 1 unspecified atom stereocenters. The molecule has 0 saturated carbocycles. The molecule has 0 aliphatic carbocycles. The van der Waals surface area contributed by atoms with Gasteiger partial charge in [-0.25, -0.2) is 0 Å². The van der Waals surface area contributed by atoms with Crippen molar-refractivity contribution < 1.29 is 28.6 Å². The van der Waals surface area contributed by atoms with E-state index in [-0.39, 0.29) is 38.0 Å². The molecule has 0 spiro atoms. The first-order chi connectivity index (χ1) is 40.0. The quantitative estimate of drug-likeness (QED) is 0.0261. The van der Waals surface area contributed by atoms with E-state index < -0.39 is 12.1 Å². The molecule has 0 amide bonds. The predicted molar refractivity (Wildman–Crippen MR) is 352 cm³/mol. The van der Waals surface area contributed by atoms with Gasteiger partial charge in [-0.05, 0) is 128 Å². The Kier molecular flexibility index (Phi) is 63.9. The van der Waals surface area contributed by atoms with Gasteiger partial charge in [0.05, 0.1) is 0 Å². The summed E-state index contributed by atoms with van der Waals surface area (Å²) in [5, 5.41) is 0. The highest BCUT2D eigenvalue weighted by atomic mass is 16.6. The molecule has 0 aromatic rings. The first kappa shape index (κ1) is 76.3. The Morgan fingerprint density at radius 3 is 0.827 bits per heavy atom. The third-order valence-corrected chi connectivity index (χ3v) is 13.8. The van der Waals surface area contributed by atoms with Crippen LogP contribution in [0.3, 0.4) is 0 Å². The largest absolute Gasteiger partial charge is 0.462 e. The van der Waals surface area contributed by atoms with Gasteiger partial charge in [-0.1, -0.05) is 289 Å². The molecule has 0 aromatic heterocycles. The minimum atomic E-state index is -0.842. The molecule has 0 heterocycles. The highest BCUT2D eigenvalue weighted by Crippen LogP contribution is 2.16. The fourth-order valence-electron chi connectivity index (χ4n) is 8.90. The lowest BCUT2D eigenvalue weighted by molar-refractivity contribution is -0.166. The summed E-state index contributed by atoms with van der Waals surface area (Å²) in [5.41, 5.74) is 0. The van der Waals surface area contributed by atoms with Gasteiger partial charge in [0.15, 0.2) is 6.10 Å². The van der Waals surface area contributed by atoms with Crippen LogP contribution in [0.4, 0.5) is 0 Å². The van der Waals surface area contributed by atoms with E-state index in [1.54, 1.807) is 0 Å². The average Bonchev–Trinajstić information content (AvgIpc) is 3.47. The molecule has 0 aliphatic heterocycles. The molecule has 0 saturated heterocycles. The molecule has 6 nitrogen and oxygen atoms in total. The third-order valence-electron chi connectivity index (χ3n) is 13.8. The van der Waals surface area contributed by atoms with Crippen LogP contribution in [0, 0.1) is 0 Å².